The van der Waals surface area contributed by atoms with Gasteiger partial charge in [-0.2, -0.15) is 5.26 Å². The zero-order valence-electron chi connectivity index (χ0n) is 13.2. The third-order valence-corrected chi connectivity index (χ3v) is 3.95. The van der Waals surface area contributed by atoms with Crippen LogP contribution < -0.4 is 4.90 Å². The van der Waals surface area contributed by atoms with E-state index in [2.05, 4.69) is 4.90 Å². The van der Waals surface area contributed by atoms with Gasteiger partial charge in [-0.3, -0.25) is 14.9 Å². The molecule has 1 heterocycles. The molecule has 8 heteroatoms. The molecule has 122 valence electrons. The maximum absolute atomic E-state index is 12.3. The van der Waals surface area contributed by atoms with Crippen LogP contribution in [0.2, 0.25) is 0 Å². The summed E-state index contributed by atoms with van der Waals surface area (Å²) in [5.74, 6) is -0.0113. The van der Waals surface area contributed by atoms with Crippen molar-refractivity contribution in [2.75, 3.05) is 51.7 Å². The number of non-ortho nitro benzene ring substituents is 1. The number of nitro groups is 1. The largest absolute Gasteiger partial charge is 0.364 e. The summed E-state index contributed by atoms with van der Waals surface area (Å²) in [4.78, 5) is 28.2. The first kappa shape index (κ1) is 16.7. The quantitative estimate of drug-likeness (QED) is 0.599. The Morgan fingerprint density at radius 3 is 2.61 bits per heavy atom. The van der Waals surface area contributed by atoms with Crippen molar-refractivity contribution in [3.63, 3.8) is 0 Å². The highest BCUT2D eigenvalue weighted by molar-refractivity contribution is 5.82. The van der Waals surface area contributed by atoms with Crippen molar-refractivity contribution in [3.8, 4) is 6.07 Å². The lowest BCUT2D eigenvalue weighted by Crippen LogP contribution is -2.49. The third kappa shape index (κ3) is 3.96. The van der Waals surface area contributed by atoms with Crippen LogP contribution in [0.5, 0.6) is 0 Å². The van der Waals surface area contributed by atoms with Crippen molar-refractivity contribution in [3.05, 3.63) is 33.9 Å². The summed E-state index contributed by atoms with van der Waals surface area (Å²) in [6.07, 6.45) is 0. The number of piperazine rings is 1. The summed E-state index contributed by atoms with van der Waals surface area (Å²) in [5, 5.41) is 20.0. The first-order valence-corrected chi connectivity index (χ1v) is 7.28. The van der Waals surface area contributed by atoms with E-state index in [0.717, 1.165) is 13.1 Å². The second-order valence-corrected chi connectivity index (χ2v) is 5.61. The van der Waals surface area contributed by atoms with Gasteiger partial charge in [-0.25, -0.2) is 0 Å². The fraction of sp³-hybridized carbons (Fsp3) is 0.467. The van der Waals surface area contributed by atoms with Crippen LogP contribution in [0, 0.1) is 21.4 Å². The average Bonchev–Trinajstić information content (AvgIpc) is 2.54. The minimum atomic E-state index is -0.542. The summed E-state index contributed by atoms with van der Waals surface area (Å²) in [6.45, 7) is 3.20. The van der Waals surface area contributed by atoms with Gasteiger partial charge >= 0.3 is 0 Å². The molecule has 0 saturated carbocycles. The Hall–Kier alpha value is -2.66. The number of carbonyl (C=O) groups is 1. The Kier molecular flexibility index (Phi) is 5.13. The van der Waals surface area contributed by atoms with Crippen LogP contribution in [0.3, 0.4) is 0 Å². The molecule has 1 fully saturated rings. The molecule has 0 atom stereocenters. The Bertz CT molecular complexity index is 647. The minimum Gasteiger partial charge on any atom is -0.364 e. The molecule has 0 N–H and O–H groups in total. The molecule has 1 aromatic rings. The van der Waals surface area contributed by atoms with E-state index in [1.54, 1.807) is 16.8 Å². The zero-order chi connectivity index (χ0) is 17.0. The van der Waals surface area contributed by atoms with E-state index in [4.69, 9.17) is 0 Å². The summed E-state index contributed by atoms with van der Waals surface area (Å²) in [6, 6.07) is 6.03. The summed E-state index contributed by atoms with van der Waals surface area (Å²) >= 11 is 0. The smallest absolute Gasteiger partial charge is 0.270 e. The molecular weight excluding hydrogens is 298 g/mol. The van der Waals surface area contributed by atoms with Crippen LogP contribution in [-0.4, -0.2) is 67.4 Å². The second kappa shape index (κ2) is 7.07. The highest BCUT2D eigenvalue weighted by atomic mass is 16.6. The Morgan fingerprint density at radius 1 is 1.39 bits per heavy atom. The van der Waals surface area contributed by atoms with Crippen molar-refractivity contribution in [1.29, 1.82) is 5.26 Å². The highest BCUT2D eigenvalue weighted by Crippen LogP contribution is 2.24. The van der Waals surface area contributed by atoms with Crippen LogP contribution in [0.25, 0.3) is 0 Å². The Balaban J connectivity index is 2.08. The van der Waals surface area contributed by atoms with Gasteiger partial charge in [-0.1, -0.05) is 0 Å². The van der Waals surface area contributed by atoms with Gasteiger partial charge in [0.15, 0.2) is 0 Å². The molecule has 0 spiro atoms. The van der Waals surface area contributed by atoms with Crippen molar-refractivity contribution < 1.29 is 9.72 Å². The topological polar surface area (TPSA) is 93.7 Å². The van der Waals surface area contributed by atoms with Crippen LogP contribution >= 0.6 is 0 Å². The molecule has 23 heavy (non-hydrogen) atoms. The number of benzene rings is 1. The number of carbonyl (C=O) groups excluding carboxylic acids is 1. The molecular formula is C15H19N5O3. The number of amides is 1. The number of hydrogen-bond acceptors (Lipinski definition) is 6. The molecule has 1 aliphatic heterocycles. The molecule has 1 saturated heterocycles. The maximum atomic E-state index is 12.3. The van der Waals surface area contributed by atoms with E-state index in [-0.39, 0.29) is 23.7 Å². The molecule has 0 aromatic heterocycles. The van der Waals surface area contributed by atoms with Gasteiger partial charge in [0, 0.05) is 45.4 Å². The standard InChI is InChI=1S/C15H19N5O3/c1-17-5-7-19(8-6-17)15(21)11-18(2)14-4-3-13(20(22)23)9-12(14)10-16/h3-4,9H,5-8,11H2,1-2H3. The third-order valence-electron chi connectivity index (χ3n) is 3.95. The summed E-state index contributed by atoms with van der Waals surface area (Å²) in [5.41, 5.74) is 0.567. The fourth-order valence-corrected chi connectivity index (χ4v) is 2.50. The average molecular weight is 317 g/mol. The van der Waals surface area contributed by atoms with Crippen LogP contribution in [0.15, 0.2) is 18.2 Å². The molecule has 0 radical (unpaired) electrons. The number of nitrogens with zero attached hydrogens (tertiary/aromatic N) is 5. The molecule has 1 aliphatic rings. The SMILES string of the molecule is CN1CCN(C(=O)CN(C)c2ccc([N+](=O)[O-])cc2C#N)CC1. The van der Waals surface area contributed by atoms with E-state index in [1.807, 2.05) is 13.1 Å². The van der Waals surface area contributed by atoms with Gasteiger partial charge in [0.1, 0.15) is 6.07 Å². The van der Waals surface area contributed by atoms with E-state index in [9.17, 15) is 20.2 Å². The van der Waals surface area contributed by atoms with Gasteiger partial charge < -0.3 is 14.7 Å². The molecule has 2 rings (SSSR count). The molecule has 0 bridgehead atoms. The monoisotopic (exact) mass is 317 g/mol. The number of nitro benzene ring substituents is 1. The number of rotatable bonds is 4. The fourth-order valence-electron chi connectivity index (χ4n) is 2.50. The van der Waals surface area contributed by atoms with Crippen molar-refractivity contribution in [1.82, 2.24) is 9.80 Å². The van der Waals surface area contributed by atoms with Crippen LogP contribution in [0.1, 0.15) is 5.56 Å². The first-order valence-electron chi connectivity index (χ1n) is 7.28. The van der Waals surface area contributed by atoms with Crippen LogP contribution in [-0.2, 0) is 4.79 Å². The molecule has 0 aliphatic carbocycles. The van der Waals surface area contributed by atoms with Crippen molar-refractivity contribution in [2.45, 2.75) is 0 Å². The highest BCUT2D eigenvalue weighted by Gasteiger charge is 2.21. The van der Waals surface area contributed by atoms with E-state index in [1.165, 1.54) is 18.2 Å². The number of likely N-dealkylation sites (N-methyl/N-ethyl adjacent to an activating group) is 2. The number of hydrogen-bond donors (Lipinski definition) is 0. The lowest BCUT2D eigenvalue weighted by atomic mass is 10.1. The van der Waals surface area contributed by atoms with E-state index < -0.39 is 4.92 Å². The predicted octanol–water partition coefficient (Wildman–Crippen LogP) is 0.677. The van der Waals surface area contributed by atoms with Gasteiger partial charge in [0.2, 0.25) is 5.91 Å². The summed E-state index contributed by atoms with van der Waals surface area (Å²) in [7, 11) is 3.72. The molecule has 1 aromatic carbocycles. The molecule has 1 amide bonds. The van der Waals surface area contributed by atoms with Crippen molar-refractivity contribution >= 4 is 17.3 Å². The van der Waals surface area contributed by atoms with Gasteiger partial charge in [0.25, 0.3) is 5.69 Å². The predicted molar refractivity (Wildman–Crippen MR) is 85.2 cm³/mol. The number of nitriles is 1. The van der Waals surface area contributed by atoms with Crippen LogP contribution in [0.4, 0.5) is 11.4 Å². The molecule has 0 unspecified atom stereocenters. The maximum Gasteiger partial charge on any atom is 0.270 e. The minimum absolute atomic E-state index is 0.0113. The lowest BCUT2D eigenvalue weighted by Gasteiger charge is -2.33. The summed E-state index contributed by atoms with van der Waals surface area (Å²) < 4.78 is 0. The van der Waals surface area contributed by atoms with Gasteiger partial charge in [-0.05, 0) is 13.1 Å². The van der Waals surface area contributed by atoms with E-state index in [0.29, 0.717) is 18.8 Å². The zero-order valence-corrected chi connectivity index (χ0v) is 13.2. The van der Waals surface area contributed by atoms with E-state index >= 15 is 0 Å². The second-order valence-electron chi connectivity index (χ2n) is 5.61. The van der Waals surface area contributed by atoms with Gasteiger partial charge in [0.05, 0.1) is 22.7 Å². The normalized spacial score (nSPS) is 15.1. The number of anilines is 1. The Morgan fingerprint density at radius 2 is 2.04 bits per heavy atom. The van der Waals surface area contributed by atoms with Crippen molar-refractivity contribution in [2.24, 2.45) is 0 Å². The lowest BCUT2D eigenvalue weighted by molar-refractivity contribution is -0.384. The van der Waals surface area contributed by atoms with Gasteiger partial charge in [-0.15, -0.1) is 0 Å². The first-order chi connectivity index (χ1) is 10.9. The Labute approximate surface area is 134 Å². The molecule has 8 nitrogen and oxygen atoms in total.